The fraction of sp³-hybridized carbons (Fsp3) is 0.550. The summed E-state index contributed by atoms with van der Waals surface area (Å²) in [6.45, 7) is 3.44. The monoisotopic (exact) mass is 478 g/mol. The number of piperazine rings is 1. The number of rotatable bonds is 4. The van der Waals surface area contributed by atoms with Gasteiger partial charge in [0.25, 0.3) is 0 Å². The number of nitrogens with zero attached hydrogens (tertiary/aromatic N) is 9. The molecule has 2 aliphatic heterocycles. The zero-order valence-electron chi connectivity index (χ0n) is 18.7. The van der Waals surface area contributed by atoms with Gasteiger partial charge in [-0.25, -0.2) is 24.9 Å². The number of likely N-dealkylation sites (N-methyl/N-ethyl adjacent to an activating group) is 1. The third kappa shape index (κ3) is 4.55. The van der Waals surface area contributed by atoms with E-state index in [4.69, 9.17) is 10.5 Å². The van der Waals surface area contributed by atoms with Crippen LogP contribution >= 0.6 is 0 Å². The molecule has 0 unspecified atom stereocenters. The van der Waals surface area contributed by atoms with Crippen molar-refractivity contribution in [3.63, 3.8) is 0 Å². The second-order valence-electron chi connectivity index (χ2n) is 8.38. The van der Waals surface area contributed by atoms with Crippen molar-refractivity contribution >= 4 is 28.9 Å². The quantitative estimate of drug-likeness (QED) is 0.583. The normalized spacial score (nSPS) is 18.1. The summed E-state index contributed by atoms with van der Waals surface area (Å²) in [5.74, 6) is 1.01. The summed E-state index contributed by atoms with van der Waals surface area (Å²) in [6, 6.07) is 0. The molecule has 0 radical (unpaired) electrons. The van der Waals surface area contributed by atoms with Gasteiger partial charge in [-0.2, -0.15) is 13.2 Å². The van der Waals surface area contributed by atoms with E-state index in [-0.39, 0.29) is 23.4 Å². The lowest BCUT2D eigenvalue weighted by Crippen LogP contribution is -2.45. The van der Waals surface area contributed by atoms with Crippen molar-refractivity contribution in [3.8, 4) is 11.4 Å². The van der Waals surface area contributed by atoms with Gasteiger partial charge in [0.05, 0.1) is 18.8 Å². The first-order valence-electron chi connectivity index (χ1n) is 11.0. The molecule has 0 aromatic carbocycles. The standard InChI is InChI=1S/C20H25F3N10O/c1-30-2-4-32(5-3-30)19-27-14-16(31-6-8-34-9-7-31)28-15(13-10-25-18(24)26-11-13)29-17(14)33(19)12-20(21,22)23/h10-11H,2-9,12H2,1H3,(H2,24,25,26). The molecule has 0 spiro atoms. The van der Waals surface area contributed by atoms with E-state index >= 15 is 0 Å². The Labute approximate surface area is 193 Å². The topological polar surface area (TPSA) is 114 Å². The van der Waals surface area contributed by atoms with Crippen LogP contribution in [0.25, 0.3) is 22.6 Å². The van der Waals surface area contributed by atoms with Gasteiger partial charge in [-0.05, 0) is 7.05 Å². The molecule has 5 rings (SSSR count). The zero-order valence-corrected chi connectivity index (χ0v) is 18.7. The van der Waals surface area contributed by atoms with Gasteiger partial charge in [-0.1, -0.05) is 0 Å². The number of imidazole rings is 1. The number of hydrogen-bond donors (Lipinski definition) is 1. The van der Waals surface area contributed by atoms with Crippen LogP contribution in [0.15, 0.2) is 12.4 Å². The van der Waals surface area contributed by atoms with Gasteiger partial charge in [0.1, 0.15) is 6.54 Å². The second-order valence-corrected chi connectivity index (χ2v) is 8.38. The maximum atomic E-state index is 13.7. The van der Waals surface area contributed by atoms with Crippen molar-refractivity contribution in [3.05, 3.63) is 12.4 Å². The molecule has 11 nitrogen and oxygen atoms in total. The minimum Gasteiger partial charge on any atom is -0.378 e. The van der Waals surface area contributed by atoms with Gasteiger partial charge >= 0.3 is 6.18 Å². The summed E-state index contributed by atoms with van der Waals surface area (Å²) in [7, 11) is 1.99. The lowest BCUT2D eigenvalue weighted by Gasteiger charge is -2.33. The van der Waals surface area contributed by atoms with E-state index in [0.717, 1.165) is 17.7 Å². The van der Waals surface area contributed by atoms with Crippen LogP contribution in [0.3, 0.4) is 0 Å². The van der Waals surface area contributed by atoms with E-state index in [1.807, 2.05) is 16.8 Å². The zero-order chi connectivity index (χ0) is 23.9. The summed E-state index contributed by atoms with van der Waals surface area (Å²) >= 11 is 0. The van der Waals surface area contributed by atoms with Crippen molar-refractivity contribution in [1.29, 1.82) is 0 Å². The number of hydrogen-bond acceptors (Lipinski definition) is 10. The Morgan fingerprint density at radius 2 is 1.62 bits per heavy atom. The Hall–Kier alpha value is -3.26. The van der Waals surface area contributed by atoms with Gasteiger partial charge in [-0.3, -0.25) is 4.57 Å². The largest absolute Gasteiger partial charge is 0.406 e. The molecule has 5 heterocycles. The number of nitrogens with two attached hydrogens (primary N) is 1. The van der Waals surface area contributed by atoms with E-state index in [1.165, 1.54) is 12.4 Å². The first-order chi connectivity index (χ1) is 16.3. The SMILES string of the molecule is CN1CCN(c2nc3c(N4CCOCC4)nc(-c4cnc(N)nc4)nc3n2CC(F)(F)F)CC1. The van der Waals surface area contributed by atoms with E-state index in [1.54, 1.807) is 0 Å². The average Bonchev–Trinajstić information content (AvgIpc) is 3.17. The van der Waals surface area contributed by atoms with Crippen molar-refractivity contribution < 1.29 is 17.9 Å². The molecule has 2 aliphatic rings. The molecule has 2 fully saturated rings. The number of anilines is 3. The highest BCUT2D eigenvalue weighted by molar-refractivity contribution is 5.88. The Kier molecular flexibility index (Phi) is 5.85. The van der Waals surface area contributed by atoms with Crippen LogP contribution in [0.1, 0.15) is 0 Å². The van der Waals surface area contributed by atoms with E-state index in [2.05, 4.69) is 29.8 Å². The van der Waals surface area contributed by atoms with E-state index in [0.29, 0.717) is 56.3 Å². The molecular formula is C20H25F3N10O. The molecule has 3 aromatic rings. The lowest BCUT2D eigenvalue weighted by atomic mass is 10.3. The molecule has 0 aliphatic carbocycles. The molecule has 0 atom stereocenters. The molecule has 182 valence electrons. The first kappa shape index (κ1) is 22.5. The van der Waals surface area contributed by atoms with Crippen LogP contribution in [0.4, 0.5) is 30.9 Å². The molecule has 34 heavy (non-hydrogen) atoms. The van der Waals surface area contributed by atoms with Gasteiger partial charge in [0.2, 0.25) is 11.9 Å². The molecule has 2 saturated heterocycles. The number of morpholine rings is 1. The average molecular weight is 478 g/mol. The highest BCUT2D eigenvalue weighted by Gasteiger charge is 2.34. The Morgan fingerprint density at radius 1 is 0.941 bits per heavy atom. The van der Waals surface area contributed by atoms with E-state index in [9.17, 15) is 13.2 Å². The third-order valence-electron chi connectivity index (χ3n) is 5.92. The van der Waals surface area contributed by atoms with Crippen molar-refractivity contribution in [1.82, 2.24) is 34.4 Å². The van der Waals surface area contributed by atoms with Crippen LogP contribution in [0.5, 0.6) is 0 Å². The molecule has 14 heteroatoms. The Morgan fingerprint density at radius 3 is 2.26 bits per heavy atom. The molecule has 2 N–H and O–H groups in total. The van der Waals surface area contributed by atoms with Crippen LogP contribution in [0, 0.1) is 0 Å². The van der Waals surface area contributed by atoms with Crippen molar-refractivity contribution in [2.75, 3.05) is 75.1 Å². The predicted octanol–water partition coefficient (Wildman–Crippen LogP) is 1.02. The maximum absolute atomic E-state index is 13.7. The fourth-order valence-corrected chi connectivity index (χ4v) is 4.13. The summed E-state index contributed by atoms with van der Waals surface area (Å²) in [4.78, 5) is 27.8. The summed E-state index contributed by atoms with van der Waals surface area (Å²) < 4.78 is 47.7. The summed E-state index contributed by atoms with van der Waals surface area (Å²) in [6.07, 6.45) is -1.54. The fourth-order valence-electron chi connectivity index (χ4n) is 4.13. The number of alkyl halides is 3. The number of ether oxygens (including phenoxy) is 1. The van der Waals surface area contributed by atoms with Crippen molar-refractivity contribution in [2.24, 2.45) is 0 Å². The smallest absolute Gasteiger partial charge is 0.378 e. The lowest BCUT2D eigenvalue weighted by molar-refractivity contribution is -0.139. The van der Waals surface area contributed by atoms with Gasteiger partial charge in [0.15, 0.2) is 22.8 Å². The van der Waals surface area contributed by atoms with Crippen molar-refractivity contribution in [2.45, 2.75) is 12.7 Å². The molecular weight excluding hydrogens is 453 g/mol. The summed E-state index contributed by atoms with van der Waals surface area (Å²) in [5.41, 5.74) is 6.50. The van der Waals surface area contributed by atoms with Gasteiger partial charge in [0, 0.05) is 51.7 Å². The van der Waals surface area contributed by atoms with Crippen LogP contribution in [-0.2, 0) is 11.3 Å². The maximum Gasteiger partial charge on any atom is 0.406 e. The van der Waals surface area contributed by atoms with Crippen LogP contribution in [-0.4, -0.2) is 100 Å². The highest BCUT2D eigenvalue weighted by Crippen LogP contribution is 2.33. The number of halogens is 3. The number of nitrogen functional groups attached to an aromatic ring is 1. The first-order valence-corrected chi connectivity index (χ1v) is 11.0. The molecule has 0 saturated carbocycles. The number of aromatic nitrogens is 6. The second kappa shape index (κ2) is 8.83. The predicted molar refractivity (Wildman–Crippen MR) is 120 cm³/mol. The third-order valence-corrected chi connectivity index (χ3v) is 5.92. The van der Waals surface area contributed by atoms with Crippen LogP contribution < -0.4 is 15.5 Å². The highest BCUT2D eigenvalue weighted by atomic mass is 19.4. The molecule has 3 aromatic heterocycles. The van der Waals surface area contributed by atoms with Gasteiger partial charge < -0.3 is 25.2 Å². The minimum absolute atomic E-state index is 0.0812. The minimum atomic E-state index is -4.45. The Balaban J connectivity index is 1.71. The molecule has 0 amide bonds. The van der Waals surface area contributed by atoms with Crippen LogP contribution in [0.2, 0.25) is 0 Å². The van der Waals surface area contributed by atoms with E-state index < -0.39 is 12.7 Å². The molecule has 0 bridgehead atoms. The summed E-state index contributed by atoms with van der Waals surface area (Å²) in [5, 5.41) is 0. The Bertz CT molecular complexity index is 1150. The van der Waals surface area contributed by atoms with Gasteiger partial charge in [-0.15, -0.1) is 0 Å². The number of fused-ring (bicyclic) bond motifs is 1.